The molecule has 3 nitrogen and oxygen atoms in total. The predicted molar refractivity (Wildman–Crippen MR) is 63.3 cm³/mol. The number of hydrogen-bond donors (Lipinski definition) is 2. The summed E-state index contributed by atoms with van der Waals surface area (Å²) in [4.78, 5) is 4.96. The Morgan fingerprint density at radius 1 is 1.64 bits per heavy atom. The van der Waals surface area contributed by atoms with Gasteiger partial charge in [0.25, 0.3) is 0 Å². The molecule has 0 aliphatic heterocycles. The topological polar surface area (TPSA) is 59.1 Å². The Bertz CT molecular complexity index is 289. The van der Waals surface area contributed by atoms with E-state index in [4.69, 9.17) is 10.8 Å². The molecule has 0 saturated heterocycles. The Morgan fingerprint density at radius 2 is 2.36 bits per heavy atom. The molecule has 5 heteroatoms. The highest BCUT2D eigenvalue weighted by atomic mass is 79.9. The molecule has 0 fully saturated rings. The number of aliphatic hydroxyl groups is 1. The fourth-order valence-electron chi connectivity index (χ4n) is 0.869. The molecule has 0 saturated carbocycles. The third-order valence-corrected chi connectivity index (χ3v) is 4.05. The van der Waals surface area contributed by atoms with Crippen LogP contribution in [0.25, 0.3) is 0 Å². The van der Waals surface area contributed by atoms with Gasteiger partial charge < -0.3 is 10.8 Å². The van der Waals surface area contributed by atoms with Crippen LogP contribution in [-0.4, -0.2) is 22.5 Å². The number of nitrogens with zero attached hydrogens (tertiary/aromatic N) is 1. The second-order valence-electron chi connectivity index (χ2n) is 3.14. The molecule has 0 aliphatic carbocycles. The maximum Gasteiger partial charge on any atom is 0.0650 e. The molecule has 1 rings (SSSR count). The highest BCUT2D eigenvalue weighted by molar-refractivity contribution is 9.10. The third-order valence-electron chi connectivity index (χ3n) is 1.70. The number of anilines is 1. The van der Waals surface area contributed by atoms with Crippen LogP contribution >= 0.6 is 27.7 Å². The minimum absolute atomic E-state index is 0.204. The quantitative estimate of drug-likeness (QED) is 0.828. The number of pyridine rings is 1. The van der Waals surface area contributed by atoms with Crippen molar-refractivity contribution in [2.45, 2.75) is 11.8 Å². The lowest BCUT2D eigenvalue weighted by molar-refractivity contribution is 0.250. The molecule has 0 bridgehead atoms. The van der Waals surface area contributed by atoms with Crippen molar-refractivity contribution in [3.05, 3.63) is 16.9 Å². The number of halogens is 1. The summed E-state index contributed by atoms with van der Waals surface area (Å²) in [5.74, 6) is 1.13. The first kappa shape index (κ1) is 11.8. The molecular formula is C9H13BrN2OS. The number of aromatic nitrogens is 1. The fourth-order valence-corrected chi connectivity index (χ4v) is 2.53. The molecule has 1 aromatic heterocycles. The van der Waals surface area contributed by atoms with Gasteiger partial charge >= 0.3 is 0 Å². The molecular weight excluding hydrogens is 264 g/mol. The first-order valence-corrected chi connectivity index (χ1v) is 6.05. The lowest BCUT2D eigenvalue weighted by atomic mass is 10.2. The van der Waals surface area contributed by atoms with Crippen molar-refractivity contribution < 1.29 is 5.11 Å². The van der Waals surface area contributed by atoms with E-state index in [2.05, 4.69) is 20.9 Å². The summed E-state index contributed by atoms with van der Waals surface area (Å²) >= 11 is 5.03. The summed E-state index contributed by atoms with van der Waals surface area (Å²) in [6.07, 6.45) is 3.36. The average Bonchev–Trinajstić information content (AvgIpc) is 2.16. The summed E-state index contributed by atoms with van der Waals surface area (Å²) in [6, 6.07) is 0. The molecule has 0 aromatic carbocycles. The predicted octanol–water partition coefficient (Wildman–Crippen LogP) is 2.15. The molecule has 78 valence electrons. The maximum atomic E-state index is 8.88. The van der Waals surface area contributed by atoms with Crippen LogP contribution in [0.5, 0.6) is 0 Å². The van der Waals surface area contributed by atoms with Crippen LogP contribution in [-0.2, 0) is 0 Å². The van der Waals surface area contributed by atoms with Gasteiger partial charge in [0.2, 0.25) is 0 Å². The number of nitrogens with two attached hydrogens (primary N) is 1. The molecule has 0 aliphatic rings. The minimum atomic E-state index is 0.204. The molecule has 1 aromatic rings. The van der Waals surface area contributed by atoms with Crippen LogP contribution in [0.15, 0.2) is 21.8 Å². The van der Waals surface area contributed by atoms with Crippen LogP contribution in [0.4, 0.5) is 5.69 Å². The van der Waals surface area contributed by atoms with Crippen molar-refractivity contribution in [3.63, 3.8) is 0 Å². The van der Waals surface area contributed by atoms with Gasteiger partial charge in [-0.15, -0.1) is 11.8 Å². The number of rotatable bonds is 4. The molecule has 1 unspecified atom stereocenters. The fraction of sp³-hybridized carbons (Fsp3) is 0.444. The molecule has 1 atom stereocenters. The van der Waals surface area contributed by atoms with Gasteiger partial charge in [0.15, 0.2) is 0 Å². The Morgan fingerprint density at radius 3 is 2.93 bits per heavy atom. The van der Waals surface area contributed by atoms with E-state index in [0.29, 0.717) is 5.69 Å². The van der Waals surface area contributed by atoms with Crippen LogP contribution in [0.3, 0.4) is 0 Å². The second-order valence-corrected chi connectivity index (χ2v) is 5.02. The molecule has 0 spiro atoms. The van der Waals surface area contributed by atoms with Crippen molar-refractivity contribution in [3.8, 4) is 0 Å². The Hall–Kier alpha value is -0.260. The van der Waals surface area contributed by atoms with E-state index in [9.17, 15) is 0 Å². The summed E-state index contributed by atoms with van der Waals surface area (Å²) in [5, 5.41) is 8.88. The van der Waals surface area contributed by atoms with Crippen molar-refractivity contribution in [2.24, 2.45) is 5.92 Å². The minimum Gasteiger partial charge on any atom is -0.397 e. The largest absolute Gasteiger partial charge is 0.397 e. The van der Waals surface area contributed by atoms with Crippen molar-refractivity contribution >= 4 is 33.4 Å². The van der Waals surface area contributed by atoms with Crippen LogP contribution in [0, 0.1) is 5.92 Å². The monoisotopic (exact) mass is 276 g/mol. The van der Waals surface area contributed by atoms with Gasteiger partial charge in [-0.2, -0.15) is 0 Å². The Labute approximate surface area is 96.2 Å². The maximum absolute atomic E-state index is 8.88. The highest BCUT2D eigenvalue weighted by Gasteiger charge is 2.07. The van der Waals surface area contributed by atoms with Crippen LogP contribution < -0.4 is 5.73 Å². The van der Waals surface area contributed by atoms with Gasteiger partial charge in [-0.1, -0.05) is 6.92 Å². The SMILES string of the molecule is CC(CO)CSc1c(N)cncc1Br. The zero-order chi connectivity index (χ0) is 10.6. The van der Waals surface area contributed by atoms with E-state index in [1.165, 1.54) is 0 Å². The Kier molecular flexibility index (Phi) is 4.71. The number of nitrogen functional groups attached to an aromatic ring is 1. The smallest absolute Gasteiger partial charge is 0.0650 e. The van der Waals surface area contributed by atoms with Crippen LogP contribution in [0.1, 0.15) is 6.92 Å². The van der Waals surface area contributed by atoms with E-state index in [1.54, 1.807) is 24.2 Å². The van der Waals surface area contributed by atoms with E-state index >= 15 is 0 Å². The Balaban J connectivity index is 2.66. The summed E-state index contributed by atoms with van der Waals surface area (Å²) in [7, 11) is 0. The van der Waals surface area contributed by atoms with Gasteiger partial charge in [-0.25, -0.2) is 0 Å². The van der Waals surface area contributed by atoms with E-state index < -0.39 is 0 Å². The lowest BCUT2D eigenvalue weighted by Crippen LogP contribution is -2.04. The first-order chi connectivity index (χ1) is 6.65. The zero-order valence-electron chi connectivity index (χ0n) is 7.90. The lowest BCUT2D eigenvalue weighted by Gasteiger charge is -2.10. The molecule has 1 heterocycles. The highest BCUT2D eigenvalue weighted by Crippen LogP contribution is 2.32. The number of thioether (sulfide) groups is 1. The normalized spacial score (nSPS) is 12.8. The van der Waals surface area contributed by atoms with Gasteiger partial charge in [0.05, 0.1) is 16.4 Å². The van der Waals surface area contributed by atoms with Gasteiger partial charge in [0, 0.05) is 23.5 Å². The molecule has 3 N–H and O–H groups in total. The summed E-state index contributed by atoms with van der Waals surface area (Å²) < 4.78 is 0.910. The van der Waals surface area contributed by atoms with Gasteiger partial charge in [-0.05, 0) is 21.8 Å². The summed E-state index contributed by atoms with van der Waals surface area (Å²) in [5.41, 5.74) is 6.45. The van der Waals surface area contributed by atoms with E-state index in [-0.39, 0.29) is 12.5 Å². The second kappa shape index (κ2) is 5.58. The third kappa shape index (κ3) is 3.15. The average molecular weight is 277 g/mol. The van der Waals surface area contributed by atoms with Crippen molar-refractivity contribution in [1.82, 2.24) is 4.98 Å². The zero-order valence-corrected chi connectivity index (χ0v) is 10.3. The number of aliphatic hydroxyl groups excluding tert-OH is 1. The summed E-state index contributed by atoms with van der Waals surface area (Å²) in [6.45, 7) is 2.20. The van der Waals surface area contributed by atoms with E-state index in [1.807, 2.05) is 6.92 Å². The van der Waals surface area contributed by atoms with Crippen molar-refractivity contribution in [2.75, 3.05) is 18.1 Å². The standard InChI is InChI=1S/C9H13BrN2OS/c1-6(4-13)5-14-9-7(10)2-12-3-8(9)11/h2-3,6,13H,4-5,11H2,1H3. The molecule has 0 radical (unpaired) electrons. The van der Waals surface area contributed by atoms with Crippen LogP contribution in [0.2, 0.25) is 0 Å². The van der Waals surface area contributed by atoms with Gasteiger partial charge in [0.1, 0.15) is 0 Å². The van der Waals surface area contributed by atoms with Crippen molar-refractivity contribution in [1.29, 1.82) is 0 Å². The van der Waals surface area contributed by atoms with Gasteiger partial charge in [-0.3, -0.25) is 4.98 Å². The molecule has 0 amide bonds. The first-order valence-electron chi connectivity index (χ1n) is 4.27. The molecule has 14 heavy (non-hydrogen) atoms. The van der Waals surface area contributed by atoms with E-state index in [0.717, 1.165) is 15.1 Å². The number of hydrogen-bond acceptors (Lipinski definition) is 4.